The Labute approximate surface area is 193 Å². The van der Waals surface area contributed by atoms with E-state index in [1.54, 1.807) is 24.3 Å². The summed E-state index contributed by atoms with van der Waals surface area (Å²) in [7, 11) is -3.34. The molecule has 0 saturated heterocycles. The Morgan fingerprint density at radius 2 is 1.59 bits per heavy atom. The van der Waals surface area contributed by atoms with Crippen LogP contribution in [0.25, 0.3) is 22.5 Å². The number of hydrogen-bond donors (Lipinski definition) is 1. The molecule has 0 fully saturated rings. The van der Waals surface area contributed by atoms with E-state index >= 15 is 0 Å². The van der Waals surface area contributed by atoms with Crippen molar-refractivity contribution in [3.8, 4) is 22.5 Å². The highest BCUT2D eigenvalue weighted by molar-refractivity contribution is 9.10. The highest BCUT2D eigenvalue weighted by atomic mass is 79.9. The number of imidazole rings is 1. The van der Waals surface area contributed by atoms with Gasteiger partial charge >= 0.3 is 0 Å². The lowest BCUT2D eigenvalue weighted by atomic mass is 10.1. The summed E-state index contributed by atoms with van der Waals surface area (Å²) in [5, 5.41) is 0. The first kappa shape index (κ1) is 22.1. The van der Waals surface area contributed by atoms with Crippen molar-refractivity contribution < 1.29 is 17.6 Å². The van der Waals surface area contributed by atoms with Gasteiger partial charge in [0.05, 0.1) is 16.3 Å². The number of Topliss-reactive ketones (excluding diaryl/α,β-unsaturated/α-hetero) is 1. The first-order valence-corrected chi connectivity index (χ1v) is 12.3. The van der Waals surface area contributed by atoms with Crippen LogP contribution in [0.2, 0.25) is 0 Å². The lowest BCUT2D eigenvalue weighted by Gasteiger charge is -2.05. The Bertz CT molecular complexity index is 1400. The van der Waals surface area contributed by atoms with Crippen LogP contribution in [0.5, 0.6) is 0 Å². The Kier molecular flexibility index (Phi) is 6.08. The Morgan fingerprint density at radius 3 is 2.22 bits per heavy atom. The van der Waals surface area contributed by atoms with E-state index in [0.717, 1.165) is 16.3 Å². The summed E-state index contributed by atoms with van der Waals surface area (Å²) in [4.78, 5) is 20.8. The third-order valence-electron chi connectivity index (χ3n) is 4.97. The van der Waals surface area contributed by atoms with Crippen molar-refractivity contribution in [3.63, 3.8) is 0 Å². The fourth-order valence-electron chi connectivity index (χ4n) is 3.30. The van der Waals surface area contributed by atoms with E-state index in [9.17, 15) is 17.6 Å². The van der Waals surface area contributed by atoms with Gasteiger partial charge in [-0.1, -0.05) is 46.3 Å². The van der Waals surface area contributed by atoms with Gasteiger partial charge < -0.3 is 4.98 Å². The van der Waals surface area contributed by atoms with Crippen LogP contribution in [-0.4, -0.2) is 30.4 Å². The Balaban J connectivity index is 1.77. The number of carbonyl (C=O) groups is 1. The van der Waals surface area contributed by atoms with Crippen LogP contribution in [0.15, 0.2) is 82.2 Å². The molecule has 0 aliphatic rings. The second kappa shape index (κ2) is 8.80. The molecule has 1 heterocycles. The molecule has 1 aromatic heterocycles. The van der Waals surface area contributed by atoms with Crippen LogP contribution in [0.1, 0.15) is 16.2 Å². The summed E-state index contributed by atoms with van der Waals surface area (Å²) in [6, 6.07) is 19.6. The van der Waals surface area contributed by atoms with Gasteiger partial charge in [0.2, 0.25) is 5.78 Å². The molecule has 4 rings (SSSR count). The maximum atomic E-state index is 13.5. The number of halogens is 2. The summed E-state index contributed by atoms with van der Waals surface area (Å²) in [5.41, 5.74) is 3.14. The number of nitrogens with zero attached hydrogens (tertiary/aromatic N) is 1. The van der Waals surface area contributed by atoms with Crippen molar-refractivity contribution in [2.24, 2.45) is 0 Å². The highest BCUT2D eigenvalue weighted by Gasteiger charge is 2.20. The zero-order valence-electron chi connectivity index (χ0n) is 17.0. The molecule has 0 bridgehead atoms. The maximum Gasteiger partial charge on any atom is 0.202 e. The summed E-state index contributed by atoms with van der Waals surface area (Å²) in [6.07, 6.45) is 1.28. The topological polar surface area (TPSA) is 79.9 Å². The minimum absolute atomic E-state index is 0.143. The Hall–Kier alpha value is -3.10. The summed E-state index contributed by atoms with van der Waals surface area (Å²) < 4.78 is 37.9. The van der Waals surface area contributed by atoms with E-state index in [-0.39, 0.29) is 28.7 Å². The van der Waals surface area contributed by atoms with E-state index in [1.165, 1.54) is 24.3 Å². The van der Waals surface area contributed by atoms with E-state index in [0.29, 0.717) is 22.5 Å². The Morgan fingerprint density at radius 1 is 0.969 bits per heavy atom. The molecule has 5 nitrogen and oxygen atoms in total. The van der Waals surface area contributed by atoms with Crippen LogP contribution in [0.3, 0.4) is 0 Å². The highest BCUT2D eigenvalue weighted by Crippen LogP contribution is 2.31. The molecular formula is C24H18BrFN2O3S. The van der Waals surface area contributed by atoms with Crippen LogP contribution in [-0.2, 0) is 16.3 Å². The molecule has 0 radical (unpaired) electrons. The summed E-state index contributed by atoms with van der Waals surface area (Å²) in [5.74, 6) is -0.421. The lowest BCUT2D eigenvalue weighted by Crippen LogP contribution is -2.06. The molecule has 4 aromatic rings. The van der Waals surface area contributed by atoms with Crippen molar-refractivity contribution in [3.05, 3.63) is 94.5 Å². The standard InChI is InChI=1S/C24H18BrFN2O3S/c1-32(30,31)19-12-8-16(9-13-19)23-22(15-6-10-18(26)11-7-15)27-24(28-23)21(29)14-17-4-2-3-5-20(17)25/h2-13H,14H2,1H3,(H,27,28). The third-order valence-corrected chi connectivity index (χ3v) is 6.87. The smallest absolute Gasteiger partial charge is 0.202 e. The summed E-state index contributed by atoms with van der Waals surface area (Å²) in [6.45, 7) is 0. The van der Waals surface area contributed by atoms with E-state index in [4.69, 9.17) is 0 Å². The van der Waals surface area contributed by atoms with Gasteiger partial charge in [-0.3, -0.25) is 4.79 Å². The quantitative estimate of drug-likeness (QED) is 0.347. The predicted octanol–water partition coefficient (Wildman–Crippen LogP) is 5.47. The SMILES string of the molecule is CS(=O)(=O)c1ccc(-c2[nH]c(C(=O)Cc3ccccc3Br)nc2-c2ccc(F)cc2)cc1. The average Bonchev–Trinajstić information content (AvgIpc) is 3.21. The fraction of sp³-hybridized carbons (Fsp3) is 0.0833. The van der Waals surface area contributed by atoms with Crippen molar-refractivity contribution in [2.45, 2.75) is 11.3 Å². The van der Waals surface area contributed by atoms with E-state index in [1.807, 2.05) is 24.3 Å². The number of rotatable bonds is 6. The molecule has 8 heteroatoms. The van der Waals surface area contributed by atoms with Gasteiger partial charge in [0, 0.05) is 28.3 Å². The number of hydrogen-bond acceptors (Lipinski definition) is 4. The van der Waals surface area contributed by atoms with E-state index < -0.39 is 9.84 Å². The number of sulfone groups is 1. The normalized spacial score (nSPS) is 11.5. The van der Waals surface area contributed by atoms with Crippen LogP contribution < -0.4 is 0 Å². The number of nitrogens with one attached hydrogen (secondary N) is 1. The molecule has 0 aliphatic heterocycles. The van der Waals surface area contributed by atoms with Gasteiger partial charge in [0.15, 0.2) is 15.7 Å². The second-order valence-corrected chi connectivity index (χ2v) is 10.2. The molecule has 0 spiro atoms. The number of carbonyl (C=O) groups excluding carboxylic acids is 1. The zero-order chi connectivity index (χ0) is 22.9. The maximum absolute atomic E-state index is 13.5. The van der Waals surface area contributed by atoms with Gasteiger partial charge in [-0.2, -0.15) is 0 Å². The molecule has 1 N–H and O–H groups in total. The molecule has 0 saturated carbocycles. The van der Waals surface area contributed by atoms with Crippen LogP contribution in [0.4, 0.5) is 4.39 Å². The number of benzene rings is 3. The lowest BCUT2D eigenvalue weighted by molar-refractivity contribution is 0.0984. The molecular weight excluding hydrogens is 495 g/mol. The van der Waals surface area contributed by atoms with Crippen LogP contribution >= 0.6 is 15.9 Å². The molecule has 32 heavy (non-hydrogen) atoms. The number of aromatic nitrogens is 2. The first-order valence-electron chi connectivity index (χ1n) is 9.65. The molecule has 0 unspecified atom stereocenters. The third kappa shape index (κ3) is 4.71. The number of aromatic amines is 1. The molecule has 162 valence electrons. The summed E-state index contributed by atoms with van der Waals surface area (Å²) >= 11 is 3.45. The second-order valence-electron chi connectivity index (χ2n) is 7.30. The minimum Gasteiger partial charge on any atom is -0.335 e. The van der Waals surface area contributed by atoms with Gasteiger partial charge in [-0.25, -0.2) is 17.8 Å². The number of ketones is 1. The minimum atomic E-state index is -3.34. The van der Waals surface area contributed by atoms with Crippen molar-refractivity contribution in [1.82, 2.24) is 9.97 Å². The van der Waals surface area contributed by atoms with Crippen molar-refractivity contribution in [1.29, 1.82) is 0 Å². The largest absolute Gasteiger partial charge is 0.335 e. The van der Waals surface area contributed by atoms with Gasteiger partial charge in [-0.15, -0.1) is 0 Å². The average molecular weight is 513 g/mol. The van der Waals surface area contributed by atoms with Gasteiger partial charge in [-0.05, 0) is 48.0 Å². The van der Waals surface area contributed by atoms with Crippen molar-refractivity contribution >= 4 is 31.6 Å². The molecule has 3 aromatic carbocycles. The van der Waals surface area contributed by atoms with Gasteiger partial charge in [0.25, 0.3) is 0 Å². The predicted molar refractivity (Wildman–Crippen MR) is 125 cm³/mol. The van der Waals surface area contributed by atoms with Crippen molar-refractivity contribution in [2.75, 3.05) is 6.26 Å². The number of H-pyrrole nitrogens is 1. The molecule has 0 amide bonds. The van der Waals surface area contributed by atoms with Gasteiger partial charge in [0.1, 0.15) is 5.82 Å². The molecule has 0 atom stereocenters. The van der Waals surface area contributed by atoms with Crippen LogP contribution in [0, 0.1) is 5.82 Å². The molecule has 0 aliphatic carbocycles. The van der Waals surface area contributed by atoms with E-state index in [2.05, 4.69) is 25.9 Å². The zero-order valence-corrected chi connectivity index (χ0v) is 19.4. The fourth-order valence-corrected chi connectivity index (χ4v) is 4.35. The first-order chi connectivity index (χ1) is 15.2. The monoisotopic (exact) mass is 512 g/mol.